The molecule has 0 aliphatic heterocycles. The average molecular weight is 814 g/mol. The number of alkyl halides is 3. The third kappa shape index (κ3) is 8.91. The number of fused-ring (bicyclic) bond motifs is 1. The van der Waals surface area contributed by atoms with Gasteiger partial charge in [-0.25, -0.2) is 4.98 Å². The molecule has 6 rings (SSSR count). The molecule has 3 heterocycles. The van der Waals surface area contributed by atoms with Gasteiger partial charge in [0.2, 0.25) is 0 Å². The maximum atomic E-state index is 14.6. The van der Waals surface area contributed by atoms with Crippen LogP contribution in [0.25, 0.3) is 32.7 Å². The zero-order valence-corrected chi connectivity index (χ0v) is 35.2. The van der Waals surface area contributed by atoms with Crippen molar-refractivity contribution in [1.82, 2.24) is 18.9 Å². The summed E-state index contributed by atoms with van der Waals surface area (Å²) < 4.78 is 57.1. The normalized spacial score (nSPS) is 13.4. The highest BCUT2D eigenvalue weighted by Crippen LogP contribution is 2.44. The molecule has 0 saturated heterocycles. The number of aliphatic carboxylic acids is 1. The standard InChI is InChI=1S/C44H50F3N5O3SSi/c1-28(2)38-32(19-14-22-49-38)39-34(25-43(6,7)27-55-57(42(3,4)5,30-15-10-8-11-16-30)31-17-12-9-13-18-31)33-23-29(20-21-36(33)52(39)26-44(45,46)47)40-50-37(51-56-40)24-35(48)41(53)54/h8-23,28,35H,24-27,48H2,1-7H3,(H,53,54)/t35-/m0/s1. The molecule has 3 N–H and O–H groups in total. The summed E-state index contributed by atoms with van der Waals surface area (Å²) in [6.07, 6.45) is -2.51. The first-order valence-electron chi connectivity index (χ1n) is 19.0. The number of hydrogen-bond acceptors (Lipinski definition) is 7. The van der Waals surface area contributed by atoms with E-state index in [1.807, 2.05) is 62.4 Å². The summed E-state index contributed by atoms with van der Waals surface area (Å²) in [7, 11) is -2.95. The topological polar surface area (TPSA) is 116 Å². The molecule has 13 heteroatoms. The Hall–Kier alpha value is -4.69. The van der Waals surface area contributed by atoms with Gasteiger partial charge in [-0.3, -0.25) is 9.78 Å². The Labute approximate surface area is 337 Å². The van der Waals surface area contributed by atoms with Crippen LogP contribution in [0.1, 0.15) is 71.5 Å². The van der Waals surface area contributed by atoms with E-state index in [-0.39, 0.29) is 17.4 Å². The van der Waals surface area contributed by atoms with Gasteiger partial charge in [-0.15, -0.1) is 0 Å². The van der Waals surface area contributed by atoms with E-state index in [1.54, 1.807) is 24.4 Å². The minimum absolute atomic E-state index is 0.0516. The summed E-state index contributed by atoms with van der Waals surface area (Å²) in [5.74, 6) is -0.932. The van der Waals surface area contributed by atoms with E-state index in [2.05, 4.69) is 73.2 Å². The Morgan fingerprint density at radius 2 is 1.56 bits per heavy atom. The largest absolute Gasteiger partial charge is 0.480 e. The van der Waals surface area contributed by atoms with E-state index >= 15 is 0 Å². The highest BCUT2D eigenvalue weighted by molar-refractivity contribution is 7.09. The number of nitrogens with two attached hydrogens (primary N) is 1. The van der Waals surface area contributed by atoms with Crippen LogP contribution >= 0.6 is 11.5 Å². The van der Waals surface area contributed by atoms with Crippen LogP contribution in [0.2, 0.25) is 5.04 Å². The number of aromatic nitrogens is 4. The molecule has 300 valence electrons. The average Bonchev–Trinajstić information content (AvgIpc) is 3.73. The van der Waals surface area contributed by atoms with E-state index < -0.39 is 38.5 Å². The van der Waals surface area contributed by atoms with Crippen LogP contribution in [0.15, 0.2) is 97.2 Å². The number of rotatable bonds is 14. The second-order valence-electron chi connectivity index (χ2n) is 16.8. The second kappa shape index (κ2) is 16.3. The van der Waals surface area contributed by atoms with Gasteiger partial charge in [-0.2, -0.15) is 17.5 Å². The van der Waals surface area contributed by atoms with Crippen LogP contribution in [0.3, 0.4) is 0 Å². The van der Waals surface area contributed by atoms with Gasteiger partial charge in [0.05, 0.1) is 11.4 Å². The quantitative estimate of drug-likeness (QED) is 0.106. The van der Waals surface area contributed by atoms with Gasteiger partial charge >= 0.3 is 12.1 Å². The summed E-state index contributed by atoms with van der Waals surface area (Å²) in [5.41, 5.74) is 8.86. The van der Waals surface area contributed by atoms with Crippen LogP contribution < -0.4 is 16.1 Å². The SMILES string of the molecule is CC(C)c1ncccc1-c1c(CC(C)(C)CO[Si](c2ccccc2)(c2ccccc2)C(C)(C)C)c2cc(-c3nc(C[C@H](N)C(=O)O)ns3)ccc2n1CC(F)(F)F. The molecule has 0 amide bonds. The third-order valence-electron chi connectivity index (χ3n) is 10.3. The van der Waals surface area contributed by atoms with Crippen molar-refractivity contribution in [3.63, 3.8) is 0 Å². The fourth-order valence-electron chi connectivity index (χ4n) is 7.80. The molecule has 0 spiro atoms. The van der Waals surface area contributed by atoms with Gasteiger partial charge in [0.25, 0.3) is 8.32 Å². The minimum Gasteiger partial charge on any atom is -0.480 e. The summed E-state index contributed by atoms with van der Waals surface area (Å²) in [5, 5.41) is 12.5. The Kier molecular flexibility index (Phi) is 12.0. The number of benzene rings is 3. The number of pyridine rings is 1. The van der Waals surface area contributed by atoms with Gasteiger partial charge in [-0.05, 0) is 80.6 Å². The predicted molar refractivity (Wildman–Crippen MR) is 225 cm³/mol. The molecule has 0 aliphatic carbocycles. The molecule has 0 unspecified atom stereocenters. The minimum atomic E-state index is -4.52. The molecule has 57 heavy (non-hydrogen) atoms. The number of halogens is 3. The molecular formula is C44H50F3N5O3SSi. The lowest BCUT2D eigenvalue weighted by molar-refractivity contribution is -0.140. The number of carboxylic acid groups (broad SMARTS) is 1. The van der Waals surface area contributed by atoms with Crippen LogP contribution in [0.4, 0.5) is 13.2 Å². The van der Waals surface area contributed by atoms with Crippen LogP contribution in [0.5, 0.6) is 0 Å². The monoisotopic (exact) mass is 813 g/mol. The first kappa shape index (κ1) is 41.9. The highest BCUT2D eigenvalue weighted by Gasteiger charge is 2.51. The van der Waals surface area contributed by atoms with Crippen molar-refractivity contribution in [2.75, 3.05) is 6.61 Å². The number of carbonyl (C=O) groups is 1. The Balaban J connectivity index is 1.53. The van der Waals surface area contributed by atoms with Gasteiger partial charge < -0.3 is 19.8 Å². The molecule has 3 aromatic heterocycles. The third-order valence-corrected chi connectivity index (χ3v) is 16.1. The number of nitrogens with zero attached hydrogens (tertiary/aromatic N) is 4. The number of hydrogen-bond donors (Lipinski definition) is 2. The van der Waals surface area contributed by atoms with E-state index in [1.165, 1.54) is 4.57 Å². The summed E-state index contributed by atoms with van der Waals surface area (Å²) in [6, 6.07) is 28.6. The zero-order chi connectivity index (χ0) is 41.3. The molecular weight excluding hydrogens is 764 g/mol. The summed E-state index contributed by atoms with van der Waals surface area (Å²) in [6.45, 7) is 14.0. The van der Waals surface area contributed by atoms with Gasteiger partial charge in [-0.1, -0.05) is 109 Å². The summed E-state index contributed by atoms with van der Waals surface area (Å²) in [4.78, 5) is 20.7. The van der Waals surface area contributed by atoms with Crippen molar-refractivity contribution in [3.8, 4) is 21.8 Å². The van der Waals surface area contributed by atoms with Crippen molar-refractivity contribution in [2.24, 2.45) is 11.1 Å². The van der Waals surface area contributed by atoms with Crippen LogP contribution in [-0.2, 0) is 28.6 Å². The molecule has 0 radical (unpaired) electrons. The van der Waals surface area contributed by atoms with Gasteiger partial charge in [0.1, 0.15) is 23.4 Å². The molecule has 3 aromatic carbocycles. The molecule has 0 aliphatic rings. The Bertz CT molecular complexity index is 2300. The summed E-state index contributed by atoms with van der Waals surface area (Å²) >= 11 is 1.09. The first-order valence-corrected chi connectivity index (χ1v) is 21.7. The van der Waals surface area contributed by atoms with E-state index in [0.29, 0.717) is 57.3 Å². The second-order valence-corrected chi connectivity index (χ2v) is 21.9. The van der Waals surface area contributed by atoms with Crippen molar-refractivity contribution in [3.05, 3.63) is 114 Å². The molecule has 6 aromatic rings. The van der Waals surface area contributed by atoms with Crippen LogP contribution in [-0.4, -0.2) is 57.1 Å². The fraction of sp³-hybridized carbons (Fsp3) is 0.364. The lowest BCUT2D eigenvalue weighted by Crippen LogP contribution is -2.67. The fourth-order valence-corrected chi connectivity index (χ4v) is 13.2. The van der Waals surface area contributed by atoms with Crippen molar-refractivity contribution < 1.29 is 27.5 Å². The van der Waals surface area contributed by atoms with Gasteiger partial charge in [0, 0.05) is 41.3 Å². The lowest BCUT2D eigenvalue weighted by atomic mass is 9.84. The van der Waals surface area contributed by atoms with E-state index in [0.717, 1.165) is 27.5 Å². The smallest absolute Gasteiger partial charge is 0.406 e. The van der Waals surface area contributed by atoms with Crippen molar-refractivity contribution in [2.45, 2.75) is 91.0 Å². The van der Waals surface area contributed by atoms with Crippen LogP contribution in [0, 0.1) is 5.41 Å². The highest BCUT2D eigenvalue weighted by atomic mass is 32.1. The number of carboxylic acids is 1. The molecule has 0 saturated carbocycles. The first-order chi connectivity index (χ1) is 26.8. The molecule has 0 fully saturated rings. The maximum Gasteiger partial charge on any atom is 0.406 e. The zero-order valence-electron chi connectivity index (χ0n) is 33.4. The van der Waals surface area contributed by atoms with E-state index in [9.17, 15) is 23.1 Å². The van der Waals surface area contributed by atoms with Crippen molar-refractivity contribution in [1.29, 1.82) is 0 Å². The van der Waals surface area contributed by atoms with Gasteiger partial charge in [0.15, 0.2) is 0 Å². The molecule has 0 bridgehead atoms. The predicted octanol–water partition coefficient (Wildman–Crippen LogP) is 9.01. The Morgan fingerprint density at radius 1 is 0.930 bits per heavy atom. The maximum absolute atomic E-state index is 14.6. The molecule has 8 nitrogen and oxygen atoms in total. The lowest BCUT2D eigenvalue weighted by Gasteiger charge is -2.44. The van der Waals surface area contributed by atoms with Crippen molar-refractivity contribution >= 4 is 47.1 Å². The van der Waals surface area contributed by atoms with E-state index in [4.69, 9.17) is 10.2 Å². The molecule has 1 atom stereocenters. The Morgan fingerprint density at radius 3 is 2.12 bits per heavy atom.